The van der Waals surface area contributed by atoms with Crippen molar-refractivity contribution >= 4 is 52.4 Å². The highest BCUT2D eigenvalue weighted by Crippen LogP contribution is 2.54. The number of fused-ring (bicyclic) bond motifs is 1. The van der Waals surface area contributed by atoms with Crippen LogP contribution in [-0.4, -0.2) is 56.4 Å². The number of esters is 1. The van der Waals surface area contributed by atoms with Crippen molar-refractivity contribution < 1.29 is 34.7 Å². The number of aromatic hydroxyl groups is 1. The molecular formula is C62H74ClNO7S. The van der Waals surface area contributed by atoms with E-state index in [0.717, 1.165) is 123 Å². The number of benzene rings is 5. The lowest BCUT2D eigenvalue weighted by molar-refractivity contribution is -0.151. The van der Waals surface area contributed by atoms with Crippen LogP contribution < -0.4 is 0 Å². The van der Waals surface area contributed by atoms with Crippen molar-refractivity contribution in [3.05, 3.63) is 177 Å². The molecule has 4 N–H and O–H groups in total. The van der Waals surface area contributed by atoms with Crippen LogP contribution in [0, 0.1) is 5.41 Å². The zero-order chi connectivity index (χ0) is 50.8. The third-order valence-electron chi connectivity index (χ3n) is 13.9. The number of phenols is 1. The smallest absolute Gasteiger partial charge is 0.306 e. The number of aromatic nitrogens is 1. The van der Waals surface area contributed by atoms with Gasteiger partial charge in [0.05, 0.1) is 35.9 Å². The van der Waals surface area contributed by atoms with Gasteiger partial charge in [0.1, 0.15) is 11.9 Å². The molecule has 0 amide bonds. The molecule has 1 aliphatic carbocycles. The molecule has 5 aromatic carbocycles. The standard InChI is InChI=1S/C62H74ClNO7S/c1-61(2,69)55-23-8-6-19-47(55)29-34-59(50-20-14-18-46(39-50)25-31-53-32-27-48-26-30-52(63)41-56(48)64-53)72-44-62(35-36-62)42-60(68)71-54(21-7-9-24-57(66)49-28-33-58(67)51(40-49)43-65)22-11-13-38-70-37-12-10-17-45-15-4-3-5-16-45/h3-6,8,14-16,18-20,23,25-28,30-33,39-41,54,57,59,65-67,69H,7,9-13,17,21-22,24,29,34-38,42-44H2,1-2H3/b31-25+/t54?,57?,59-/m1/s1. The van der Waals surface area contributed by atoms with E-state index in [1.54, 1.807) is 12.1 Å². The largest absolute Gasteiger partial charge is 0.508 e. The number of nitrogens with zero attached hydrogens (tertiary/aromatic N) is 1. The number of carbonyl (C=O) groups excluding carboxylic acids is 1. The fraction of sp³-hybridized carbons (Fsp3) is 0.419. The lowest BCUT2D eigenvalue weighted by Crippen LogP contribution is -2.22. The molecule has 382 valence electrons. The van der Waals surface area contributed by atoms with E-state index in [-0.39, 0.29) is 35.1 Å². The summed E-state index contributed by atoms with van der Waals surface area (Å²) in [5.74, 6) is 0.713. The second-order valence-corrected chi connectivity index (χ2v) is 21.9. The van der Waals surface area contributed by atoms with Crippen molar-refractivity contribution in [1.29, 1.82) is 0 Å². The monoisotopic (exact) mass is 1010 g/mol. The Morgan fingerprint density at radius 2 is 1.50 bits per heavy atom. The number of unbranched alkanes of at least 4 members (excludes halogenated alkanes) is 3. The molecule has 1 aliphatic rings. The van der Waals surface area contributed by atoms with Gasteiger partial charge in [-0.2, -0.15) is 11.8 Å². The average Bonchev–Trinajstić information content (AvgIpc) is 4.15. The summed E-state index contributed by atoms with van der Waals surface area (Å²) in [6, 6.07) is 42.1. The summed E-state index contributed by atoms with van der Waals surface area (Å²) in [6.45, 7) is 4.81. The summed E-state index contributed by atoms with van der Waals surface area (Å²) in [4.78, 5) is 18.8. The van der Waals surface area contributed by atoms with Crippen LogP contribution in [0.2, 0.25) is 5.02 Å². The van der Waals surface area contributed by atoms with Gasteiger partial charge in [-0.1, -0.05) is 121 Å². The molecule has 8 nitrogen and oxygen atoms in total. The first-order chi connectivity index (χ1) is 34.9. The van der Waals surface area contributed by atoms with Crippen LogP contribution >= 0.6 is 23.4 Å². The Labute approximate surface area is 436 Å². The molecule has 0 aliphatic heterocycles. The van der Waals surface area contributed by atoms with Gasteiger partial charge < -0.3 is 29.9 Å². The maximum absolute atomic E-state index is 14.0. The maximum Gasteiger partial charge on any atom is 0.306 e. The van der Waals surface area contributed by atoms with Crippen LogP contribution in [0.4, 0.5) is 0 Å². The number of ether oxygens (including phenoxy) is 2. The van der Waals surface area contributed by atoms with Crippen molar-refractivity contribution in [2.24, 2.45) is 5.41 Å². The molecule has 1 fully saturated rings. The van der Waals surface area contributed by atoms with Gasteiger partial charge in [0.2, 0.25) is 0 Å². The number of hydrogen-bond acceptors (Lipinski definition) is 9. The molecular weight excluding hydrogens is 938 g/mol. The van der Waals surface area contributed by atoms with Crippen molar-refractivity contribution in [3.63, 3.8) is 0 Å². The molecule has 7 rings (SSSR count). The van der Waals surface area contributed by atoms with E-state index in [1.165, 1.54) is 17.2 Å². The molecule has 1 saturated carbocycles. The van der Waals surface area contributed by atoms with Crippen LogP contribution in [0.15, 0.2) is 127 Å². The van der Waals surface area contributed by atoms with Gasteiger partial charge in [-0.05, 0) is 173 Å². The fourth-order valence-corrected chi connectivity index (χ4v) is 11.2. The number of aryl methyl sites for hydroxylation is 2. The third-order valence-corrected chi connectivity index (χ3v) is 15.9. The normalized spacial score (nSPS) is 14.6. The molecule has 3 atom stereocenters. The SMILES string of the molecule is CC(C)(O)c1ccccc1CC[C@@H](SCC1(CC(=O)OC(CCCCOCCCCc2ccccc2)CCCCC(O)c2ccc(O)c(CO)c2)CC1)c1cccc(/C=C/c2ccc3ccc(Cl)cc3n2)c1. The molecule has 2 unspecified atom stereocenters. The zero-order valence-corrected chi connectivity index (χ0v) is 43.8. The molecule has 6 aromatic rings. The number of carbonyl (C=O) groups is 1. The molecule has 10 heteroatoms. The molecule has 0 bridgehead atoms. The Morgan fingerprint density at radius 1 is 0.764 bits per heavy atom. The first kappa shape index (κ1) is 54.8. The highest BCUT2D eigenvalue weighted by atomic mass is 35.5. The van der Waals surface area contributed by atoms with Gasteiger partial charge in [0, 0.05) is 40.2 Å². The molecule has 0 saturated heterocycles. The van der Waals surface area contributed by atoms with Crippen molar-refractivity contribution in [2.45, 2.75) is 140 Å². The molecule has 1 aromatic heterocycles. The molecule has 0 radical (unpaired) electrons. The second-order valence-electron chi connectivity index (χ2n) is 20.3. The predicted octanol–water partition coefficient (Wildman–Crippen LogP) is 14.5. The van der Waals surface area contributed by atoms with Crippen LogP contribution in [0.3, 0.4) is 0 Å². The average molecular weight is 1010 g/mol. The Bertz CT molecular complexity index is 2660. The highest BCUT2D eigenvalue weighted by molar-refractivity contribution is 7.99. The third kappa shape index (κ3) is 17.3. The van der Waals surface area contributed by atoms with Gasteiger partial charge >= 0.3 is 5.97 Å². The van der Waals surface area contributed by atoms with Crippen LogP contribution in [0.25, 0.3) is 23.1 Å². The Balaban J connectivity index is 0.966. The van der Waals surface area contributed by atoms with E-state index >= 15 is 0 Å². The van der Waals surface area contributed by atoms with Crippen molar-refractivity contribution in [3.8, 4) is 5.75 Å². The van der Waals surface area contributed by atoms with Crippen LogP contribution in [0.1, 0.15) is 153 Å². The van der Waals surface area contributed by atoms with E-state index in [2.05, 4.69) is 66.7 Å². The topological polar surface area (TPSA) is 129 Å². The number of rotatable bonds is 30. The summed E-state index contributed by atoms with van der Waals surface area (Å²) in [7, 11) is 0. The molecule has 1 heterocycles. The summed E-state index contributed by atoms with van der Waals surface area (Å²) in [5, 5.41) is 43.5. The van der Waals surface area contributed by atoms with Gasteiger partial charge in [0.25, 0.3) is 0 Å². The van der Waals surface area contributed by atoms with E-state index in [0.29, 0.717) is 42.0 Å². The number of pyridine rings is 1. The summed E-state index contributed by atoms with van der Waals surface area (Å²) in [6.07, 6.45) is 15.7. The highest BCUT2D eigenvalue weighted by Gasteiger charge is 2.45. The van der Waals surface area contributed by atoms with Gasteiger partial charge in [-0.3, -0.25) is 4.79 Å². The van der Waals surface area contributed by atoms with Crippen molar-refractivity contribution in [1.82, 2.24) is 4.98 Å². The molecule has 72 heavy (non-hydrogen) atoms. The van der Waals surface area contributed by atoms with E-state index in [1.807, 2.05) is 80.2 Å². The minimum atomic E-state index is -0.959. The van der Waals surface area contributed by atoms with Gasteiger partial charge in [-0.25, -0.2) is 4.98 Å². The van der Waals surface area contributed by atoms with Gasteiger partial charge in [-0.15, -0.1) is 0 Å². The van der Waals surface area contributed by atoms with E-state index in [4.69, 9.17) is 26.1 Å². The summed E-state index contributed by atoms with van der Waals surface area (Å²) < 4.78 is 12.4. The summed E-state index contributed by atoms with van der Waals surface area (Å²) in [5.41, 5.74) is 7.43. The van der Waals surface area contributed by atoms with E-state index < -0.39 is 11.7 Å². The number of aliphatic hydroxyl groups excluding tert-OH is 2. The number of halogens is 1. The number of aliphatic hydroxyl groups is 3. The Hall–Kier alpha value is -5.00. The predicted molar refractivity (Wildman–Crippen MR) is 295 cm³/mol. The molecule has 0 spiro atoms. The minimum Gasteiger partial charge on any atom is -0.508 e. The number of thioether (sulfide) groups is 1. The minimum absolute atomic E-state index is 0.0135. The Kier molecular flexibility index (Phi) is 20.8. The first-order valence-corrected chi connectivity index (χ1v) is 27.5. The number of hydrogen-bond donors (Lipinski definition) is 4. The Morgan fingerprint density at radius 3 is 2.28 bits per heavy atom. The summed E-state index contributed by atoms with van der Waals surface area (Å²) >= 11 is 8.20. The lowest BCUT2D eigenvalue weighted by Gasteiger charge is -2.25. The second kappa shape index (κ2) is 27.3. The van der Waals surface area contributed by atoms with E-state index in [9.17, 15) is 25.2 Å². The quantitative estimate of drug-likeness (QED) is 0.0257. The zero-order valence-electron chi connectivity index (χ0n) is 42.2. The fourth-order valence-electron chi connectivity index (χ4n) is 9.51. The van der Waals surface area contributed by atoms with Crippen molar-refractivity contribution in [2.75, 3.05) is 19.0 Å². The van der Waals surface area contributed by atoms with Crippen LogP contribution in [-0.2, 0) is 39.3 Å². The maximum atomic E-state index is 14.0. The van der Waals surface area contributed by atoms with Crippen LogP contribution in [0.5, 0.6) is 5.75 Å². The van der Waals surface area contributed by atoms with Gasteiger partial charge in [0.15, 0.2) is 0 Å². The first-order valence-electron chi connectivity index (χ1n) is 26.0. The lowest BCUT2D eigenvalue weighted by atomic mass is 9.90.